The van der Waals surface area contributed by atoms with E-state index in [4.69, 9.17) is 9.72 Å². The lowest BCUT2D eigenvalue weighted by atomic mass is 9.96. The molecule has 0 amide bonds. The number of nitrogens with one attached hydrogen (secondary N) is 1. The number of ether oxygens (including phenoxy) is 1. The first-order valence-electron chi connectivity index (χ1n) is 10.5. The highest BCUT2D eigenvalue weighted by molar-refractivity contribution is 7.09. The van der Waals surface area contributed by atoms with Crippen molar-refractivity contribution in [1.29, 1.82) is 0 Å². The average molecular weight is 439 g/mol. The molecule has 1 aliphatic rings. The van der Waals surface area contributed by atoms with Gasteiger partial charge in [-0.2, -0.15) is 0 Å². The van der Waals surface area contributed by atoms with E-state index in [-0.39, 0.29) is 12.3 Å². The van der Waals surface area contributed by atoms with Crippen molar-refractivity contribution in [2.45, 2.75) is 50.5 Å². The van der Waals surface area contributed by atoms with E-state index in [1.54, 1.807) is 19.4 Å². The highest BCUT2D eigenvalue weighted by atomic mass is 32.1. The van der Waals surface area contributed by atoms with Gasteiger partial charge in [0.15, 0.2) is 0 Å². The lowest BCUT2D eigenvalue weighted by Crippen LogP contribution is -2.26. The Morgan fingerprint density at radius 3 is 3.03 bits per heavy atom. The summed E-state index contributed by atoms with van der Waals surface area (Å²) in [6, 6.07) is 8.17. The molecule has 0 saturated heterocycles. The van der Waals surface area contributed by atoms with Gasteiger partial charge in [-0.3, -0.25) is 4.79 Å². The van der Waals surface area contributed by atoms with E-state index in [0.717, 1.165) is 54.2 Å². The standard InChI is InChI=1S/C23H26N4O3S/c1-30-20-10-8-16(13-25-20)19(12-21(28)29)23-27-18(14-31-23)6-2-5-17-9-7-15-4-3-11-24-22(15)26-17/h3-4,8,10-11,13-14,17,19H,2,5-7,9,12H2,1H3,(H,24,26)(H,28,29)/t17-,19?/m1/s1. The zero-order valence-corrected chi connectivity index (χ0v) is 18.3. The first-order valence-corrected chi connectivity index (χ1v) is 11.4. The highest BCUT2D eigenvalue weighted by Crippen LogP contribution is 2.31. The van der Waals surface area contributed by atoms with E-state index in [0.29, 0.717) is 11.9 Å². The smallest absolute Gasteiger partial charge is 0.304 e. The van der Waals surface area contributed by atoms with Crippen molar-refractivity contribution in [3.8, 4) is 5.88 Å². The number of thiazole rings is 1. The summed E-state index contributed by atoms with van der Waals surface area (Å²) in [6.07, 6.45) is 8.63. The average Bonchev–Trinajstić information content (AvgIpc) is 3.26. The minimum absolute atomic E-state index is 0.0145. The minimum Gasteiger partial charge on any atom is -0.481 e. The van der Waals surface area contributed by atoms with Crippen LogP contribution >= 0.6 is 11.3 Å². The molecule has 2 N–H and O–H groups in total. The first-order chi connectivity index (χ1) is 15.1. The van der Waals surface area contributed by atoms with Crippen LogP contribution in [0, 0.1) is 0 Å². The van der Waals surface area contributed by atoms with Gasteiger partial charge in [0.05, 0.1) is 19.2 Å². The van der Waals surface area contributed by atoms with E-state index in [1.807, 2.05) is 23.7 Å². The molecule has 0 aromatic carbocycles. The number of hydrogen-bond acceptors (Lipinski definition) is 7. The summed E-state index contributed by atoms with van der Waals surface area (Å²) >= 11 is 1.52. The topological polar surface area (TPSA) is 97.2 Å². The Labute approximate surface area is 185 Å². The third kappa shape index (κ3) is 5.38. The van der Waals surface area contributed by atoms with Crippen molar-refractivity contribution < 1.29 is 14.6 Å². The lowest BCUT2D eigenvalue weighted by Gasteiger charge is -2.25. The fourth-order valence-electron chi connectivity index (χ4n) is 3.95. The number of carboxylic acid groups (broad SMARTS) is 1. The van der Waals surface area contributed by atoms with E-state index in [2.05, 4.69) is 21.4 Å². The first kappa shape index (κ1) is 21.2. The molecule has 0 spiro atoms. The zero-order valence-electron chi connectivity index (χ0n) is 17.5. The van der Waals surface area contributed by atoms with E-state index in [1.165, 1.54) is 16.9 Å². The number of hydrogen-bond donors (Lipinski definition) is 2. The van der Waals surface area contributed by atoms with Gasteiger partial charge >= 0.3 is 5.97 Å². The van der Waals surface area contributed by atoms with Gasteiger partial charge in [0, 0.05) is 35.8 Å². The summed E-state index contributed by atoms with van der Waals surface area (Å²) in [7, 11) is 1.56. The third-order valence-electron chi connectivity index (χ3n) is 5.60. The molecule has 1 unspecified atom stereocenters. The van der Waals surface area contributed by atoms with Gasteiger partial charge in [-0.25, -0.2) is 15.0 Å². The fraction of sp³-hybridized carbons (Fsp3) is 0.391. The van der Waals surface area contributed by atoms with Gasteiger partial charge in [0.1, 0.15) is 10.8 Å². The Morgan fingerprint density at radius 1 is 1.35 bits per heavy atom. The Hall–Kier alpha value is -3.00. The number of rotatable bonds is 9. The van der Waals surface area contributed by atoms with Crippen molar-refractivity contribution >= 4 is 23.1 Å². The summed E-state index contributed by atoms with van der Waals surface area (Å²) in [6.45, 7) is 0. The minimum atomic E-state index is -0.852. The molecule has 0 bridgehead atoms. The number of carbonyl (C=O) groups is 1. The van der Waals surface area contributed by atoms with Crippen LogP contribution in [0.25, 0.3) is 0 Å². The Morgan fingerprint density at radius 2 is 2.26 bits per heavy atom. The Balaban J connectivity index is 1.36. The van der Waals surface area contributed by atoms with Crippen molar-refractivity contribution in [2.24, 2.45) is 0 Å². The summed E-state index contributed by atoms with van der Waals surface area (Å²) in [4.78, 5) is 24.9. The highest BCUT2D eigenvalue weighted by Gasteiger charge is 2.22. The van der Waals surface area contributed by atoms with Crippen molar-refractivity contribution in [1.82, 2.24) is 15.0 Å². The second kappa shape index (κ2) is 9.87. The van der Waals surface area contributed by atoms with Gasteiger partial charge in [0.2, 0.25) is 5.88 Å². The largest absolute Gasteiger partial charge is 0.481 e. The molecule has 0 saturated carbocycles. The monoisotopic (exact) mass is 438 g/mol. The molecule has 2 atom stereocenters. The van der Waals surface area contributed by atoms with Crippen LogP contribution in [-0.4, -0.2) is 39.2 Å². The van der Waals surface area contributed by atoms with Gasteiger partial charge in [-0.15, -0.1) is 11.3 Å². The second-order valence-electron chi connectivity index (χ2n) is 7.74. The zero-order chi connectivity index (χ0) is 21.6. The molecule has 3 aromatic heterocycles. The molecule has 7 nitrogen and oxygen atoms in total. The molecule has 31 heavy (non-hydrogen) atoms. The molecule has 8 heteroatoms. The van der Waals surface area contributed by atoms with Crippen molar-refractivity contribution in [3.63, 3.8) is 0 Å². The number of fused-ring (bicyclic) bond motifs is 1. The van der Waals surface area contributed by atoms with E-state index in [9.17, 15) is 9.90 Å². The number of aromatic nitrogens is 3. The maximum atomic E-state index is 11.4. The quantitative estimate of drug-likeness (QED) is 0.514. The van der Waals surface area contributed by atoms with Gasteiger partial charge in [-0.1, -0.05) is 12.1 Å². The molecule has 1 aliphatic heterocycles. The van der Waals surface area contributed by atoms with Crippen LogP contribution in [0.15, 0.2) is 42.0 Å². The Bertz CT molecular complexity index is 1020. The van der Waals surface area contributed by atoms with E-state index < -0.39 is 5.97 Å². The van der Waals surface area contributed by atoms with Crippen LogP contribution in [0.2, 0.25) is 0 Å². The Kier molecular flexibility index (Phi) is 6.76. The maximum absolute atomic E-state index is 11.4. The third-order valence-corrected chi connectivity index (χ3v) is 6.60. The molecule has 162 valence electrons. The number of nitrogens with zero attached hydrogens (tertiary/aromatic N) is 3. The molecule has 3 aromatic rings. The van der Waals surface area contributed by atoms with Gasteiger partial charge in [0.25, 0.3) is 0 Å². The summed E-state index contributed by atoms with van der Waals surface area (Å²) < 4.78 is 5.10. The van der Waals surface area contributed by atoms with Crippen molar-refractivity contribution in [2.75, 3.05) is 12.4 Å². The normalized spacial score (nSPS) is 16.2. The number of methoxy groups -OCH3 is 1. The van der Waals surface area contributed by atoms with Crippen LogP contribution in [0.1, 0.15) is 53.4 Å². The van der Waals surface area contributed by atoms with E-state index >= 15 is 0 Å². The molecular weight excluding hydrogens is 412 g/mol. The number of anilines is 1. The summed E-state index contributed by atoms with van der Waals surface area (Å²) in [5.41, 5.74) is 3.15. The molecule has 0 aliphatic carbocycles. The summed E-state index contributed by atoms with van der Waals surface area (Å²) in [5, 5.41) is 15.8. The van der Waals surface area contributed by atoms with Crippen molar-refractivity contribution in [3.05, 3.63) is 63.9 Å². The predicted molar refractivity (Wildman–Crippen MR) is 120 cm³/mol. The number of aliphatic carboxylic acids is 1. The van der Waals surface area contributed by atoms with Crippen LogP contribution < -0.4 is 10.1 Å². The summed E-state index contributed by atoms with van der Waals surface area (Å²) in [5.74, 6) is 0.359. The molecular formula is C23H26N4O3S. The van der Waals surface area contributed by atoms with Crippen LogP contribution in [0.3, 0.4) is 0 Å². The second-order valence-corrected chi connectivity index (χ2v) is 8.63. The molecule has 4 heterocycles. The molecule has 4 rings (SSSR count). The SMILES string of the molecule is COc1ccc(C(CC(=O)O)c2nc(CCC[C@@H]3CCc4cccnc4N3)cs2)cn1. The number of carboxylic acids is 1. The van der Waals surface area contributed by atoms with Crippen LogP contribution in [-0.2, 0) is 17.6 Å². The number of pyridine rings is 2. The molecule has 0 radical (unpaired) electrons. The van der Waals surface area contributed by atoms with Gasteiger partial charge < -0.3 is 15.2 Å². The number of aryl methyl sites for hydroxylation is 2. The maximum Gasteiger partial charge on any atom is 0.304 e. The fourth-order valence-corrected chi connectivity index (χ4v) is 4.93. The van der Waals surface area contributed by atoms with Gasteiger partial charge in [-0.05, 0) is 49.3 Å². The predicted octanol–water partition coefficient (Wildman–Crippen LogP) is 4.30. The van der Waals surface area contributed by atoms with Crippen LogP contribution in [0.5, 0.6) is 5.88 Å². The lowest BCUT2D eigenvalue weighted by molar-refractivity contribution is -0.137. The van der Waals surface area contributed by atoms with Crippen LogP contribution in [0.4, 0.5) is 5.82 Å². The molecule has 0 fully saturated rings.